The van der Waals surface area contributed by atoms with Crippen molar-refractivity contribution in [1.82, 2.24) is 0 Å². The van der Waals surface area contributed by atoms with Crippen LogP contribution in [0.4, 0.5) is 0 Å². The summed E-state index contributed by atoms with van der Waals surface area (Å²) in [6.07, 6.45) is 13.4. The van der Waals surface area contributed by atoms with Gasteiger partial charge in [-0.15, -0.1) is 0 Å². The van der Waals surface area contributed by atoms with Crippen LogP contribution in [0.5, 0.6) is 0 Å². The average Bonchev–Trinajstić information content (AvgIpc) is 2.98. The Balaban J connectivity index is 1.57. The van der Waals surface area contributed by atoms with E-state index in [0.29, 0.717) is 41.6 Å². The minimum atomic E-state index is -0.350. The number of nitrogens with zero attached hydrogens (tertiary/aromatic N) is 1. The van der Waals surface area contributed by atoms with E-state index < -0.39 is 0 Å². The van der Waals surface area contributed by atoms with E-state index in [9.17, 15) is 4.79 Å². The molecular weight excluding hydrogens is 348 g/mol. The topological polar surface area (TPSA) is 64.7 Å². The fraction of sp³-hybridized carbons (Fsp3) is 0.917. The van der Waals surface area contributed by atoms with Crippen molar-refractivity contribution in [1.29, 1.82) is 0 Å². The number of carbonyl (C=O) groups excluding carboxylic acids is 1. The summed E-state index contributed by atoms with van der Waals surface area (Å²) in [5.74, 6) is 3.20. The van der Waals surface area contributed by atoms with E-state index in [4.69, 9.17) is 10.6 Å². The second kappa shape index (κ2) is 7.41. The van der Waals surface area contributed by atoms with Crippen LogP contribution in [0.25, 0.3) is 0 Å². The van der Waals surface area contributed by atoms with Crippen molar-refractivity contribution in [3.8, 4) is 0 Å². The maximum atomic E-state index is 13.0. The third-order valence-electron chi connectivity index (χ3n) is 9.47. The van der Waals surface area contributed by atoms with Crippen LogP contribution in [0, 0.1) is 39.9 Å². The molecule has 0 aliphatic heterocycles. The first-order valence-electron chi connectivity index (χ1n) is 11.7. The van der Waals surface area contributed by atoms with Crippen molar-refractivity contribution in [3.05, 3.63) is 0 Å². The predicted molar refractivity (Wildman–Crippen MR) is 113 cm³/mol. The first kappa shape index (κ1) is 20.4. The van der Waals surface area contributed by atoms with Gasteiger partial charge in [-0.3, -0.25) is 4.79 Å². The predicted octanol–water partition coefficient (Wildman–Crippen LogP) is 4.96. The Morgan fingerprint density at radius 3 is 2.71 bits per heavy atom. The molecule has 0 saturated heterocycles. The Morgan fingerprint density at radius 1 is 1.11 bits per heavy atom. The van der Waals surface area contributed by atoms with Gasteiger partial charge in [0, 0.05) is 6.42 Å². The molecule has 1 unspecified atom stereocenters. The zero-order valence-electron chi connectivity index (χ0n) is 18.2. The SMILES string of the molecule is CC1(C)CCC[C@@]2(C)C1CC[C@@H]1[C@@H]2CC[C@]2(C=NOCCCN)C(=O)CC[C@@H]12. The van der Waals surface area contributed by atoms with Gasteiger partial charge in [-0.05, 0) is 92.4 Å². The quantitative estimate of drug-likeness (QED) is 0.411. The largest absolute Gasteiger partial charge is 0.396 e. The van der Waals surface area contributed by atoms with Crippen LogP contribution in [0.1, 0.15) is 85.0 Å². The summed E-state index contributed by atoms with van der Waals surface area (Å²) < 4.78 is 0. The van der Waals surface area contributed by atoms with E-state index in [1.807, 2.05) is 6.21 Å². The molecule has 2 N–H and O–H groups in total. The normalized spacial score (nSPS) is 44.8. The maximum absolute atomic E-state index is 13.0. The summed E-state index contributed by atoms with van der Waals surface area (Å²) in [4.78, 5) is 18.5. The third-order valence-corrected chi connectivity index (χ3v) is 9.47. The molecular formula is C24H40N2O2. The highest BCUT2D eigenvalue weighted by molar-refractivity contribution is 6.02. The summed E-state index contributed by atoms with van der Waals surface area (Å²) in [6, 6.07) is 0. The fourth-order valence-electron chi connectivity index (χ4n) is 8.27. The summed E-state index contributed by atoms with van der Waals surface area (Å²) in [5, 5.41) is 4.27. The van der Waals surface area contributed by atoms with Gasteiger partial charge in [-0.2, -0.15) is 0 Å². The molecule has 0 heterocycles. The van der Waals surface area contributed by atoms with Gasteiger partial charge in [0.1, 0.15) is 12.4 Å². The molecule has 0 bridgehead atoms. The molecule has 4 nitrogen and oxygen atoms in total. The highest BCUT2D eigenvalue weighted by atomic mass is 16.6. The van der Waals surface area contributed by atoms with Crippen LogP contribution in [0.15, 0.2) is 5.16 Å². The van der Waals surface area contributed by atoms with Crippen molar-refractivity contribution in [3.63, 3.8) is 0 Å². The summed E-state index contributed by atoms with van der Waals surface area (Å²) in [6.45, 7) is 8.77. The molecule has 158 valence electrons. The molecule has 0 aromatic heterocycles. The minimum Gasteiger partial charge on any atom is -0.396 e. The van der Waals surface area contributed by atoms with Crippen molar-refractivity contribution >= 4 is 12.0 Å². The molecule has 4 heteroatoms. The molecule has 0 radical (unpaired) electrons. The summed E-state index contributed by atoms with van der Waals surface area (Å²) in [5.41, 5.74) is 6.11. The Hall–Kier alpha value is -0.900. The lowest BCUT2D eigenvalue weighted by molar-refractivity contribution is -0.144. The maximum Gasteiger partial charge on any atom is 0.144 e. The number of oxime groups is 1. The van der Waals surface area contributed by atoms with E-state index in [0.717, 1.165) is 37.5 Å². The van der Waals surface area contributed by atoms with Gasteiger partial charge in [0.2, 0.25) is 0 Å². The molecule has 0 aromatic rings. The van der Waals surface area contributed by atoms with Crippen molar-refractivity contribution < 1.29 is 9.63 Å². The highest BCUT2D eigenvalue weighted by Gasteiger charge is 2.62. The molecule has 4 saturated carbocycles. The second-order valence-corrected chi connectivity index (χ2v) is 11.1. The van der Waals surface area contributed by atoms with Crippen LogP contribution in [0.3, 0.4) is 0 Å². The zero-order chi connectivity index (χ0) is 20.0. The number of ketones is 1. The van der Waals surface area contributed by atoms with E-state index in [1.54, 1.807) is 0 Å². The van der Waals surface area contributed by atoms with E-state index in [1.165, 1.54) is 38.5 Å². The molecule has 0 aromatic carbocycles. The van der Waals surface area contributed by atoms with Gasteiger partial charge in [-0.1, -0.05) is 32.3 Å². The number of hydrogen-bond acceptors (Lipinski definition) is 4. The average molecular weight is 389 g/mol. The van der Waals surface area contributed by atoms with Gasteiger partial charge in [-0.25, -0.2) is 0 Å². The van der Waals surface area contributed by atoms with Crippen LogP contribution in [-0.2, 0) is 9.63 Å². The van der Waals surface area contributed by atoms with E-state index >= 15 is 0 Å². The Morgan fingerprint density at radius 2 is 1.93 bits per heavy atom. The van der Waals surface area contributed by atoms with E-state index in [2.05, 4.69) is 25.9 Å². The van der Waals surface area contributed by atoms with Crippen LogP contribution < -0.4 is 5.73 Å². The number of carbonyl (C=O) groups is 1. The Bertz CT molecular complexity index is 630. The summed E-state index contributed by atoms with van der Waals surface area (Å²) in [7, 11) is 0. The van der Waals surface area contributed by atoms with Crippen molar-refractivity contribution in [2.24, 2.45) is 50.8 Å². The number of hydrogen-bond donors (Lipinski definition) is 1. The van der Waals surface area contributed by atoms with Gasteiger partial charge in [0.15, 0.2) is 0 Å². The highest BCUT2D eigenvalue weighted by Crippen LogP contribution is 2.67. The van der Waals surface area contributed by atoms with Crippen molar-refractivity contribution in [2.45, 2.75) is 85.0 Å². The molecule has 4 fully saturated rings. The number of fused-ring (bicyclic) bond motifs is 5. The number of Topliss-reactive ketones (excluding diaryl/α,β-unsaturated/α-hetero) is 1. The van der Waals surface area contributed by atoms with E-state index in [-0.39, 0.29) is 5.41 Å². The lowest BCUT2D eigenvalue weighted by Gasteiger charge is -2.63. The first-order chi connectivity index (χ1) is 13.3. The lowest BCUT2D eigenvalue weighted by atomic mass is 9.42. The first-order valence-corrected chi connectivity index (χ1v) is 11.7. The lowest BCUT2D eigenvalue weighted by Crippen LogP contribution is -2.57. The molecule has 0 amide bonds. The monoisotopic (exact) mass is 388 g/mol. The Labute approximate surface area is 171 Å². The third kappa shape index (κ3) is 3.05. The van der Waals surface area contributed by atoms with Crippen LogP contribution in [-0.4, -0.2) is 25.1 Å². The smallest absolute Gasteiger partial charge is 0.144 e. The molecule has 6 atom stereocenters. The van der Waals surface area contributed by atoms with Gasteiger partial charge in [0.05, 0.1) is 11.6 Å². The standard InChI is InChI=1S/C24H40N2O2/c1-22(2)11-4-12-23(3)18-10-13-24(16-26-28-15-5-14-25)19(7-9-21(24)27)17(18)6-8-20(22)23/h16-20H,4-15,25H2,1-3H3/t17-,18+,19+,20?,23-,24-/m1/s1. The van der Waals surface area contributed by atoms with Crippen molar-refractivity contribution in [2.75, 3.05) is 13.2 Å². The number of nitrogens with two attached hydrogens (primary N) is 1. The van der Waals surface area contributed by atoms with Crippen LogP contribution >= 0.6 is 0 Å². The fourth-order valence-corrected chi connectivity index (χ4v) is 8.27. The molecule has 0 spiro atoms. The van der Waals surface area contributed by atoms with Crippen LogP contribution in [0.2, 0.25) is 0 Å². The molecule has 4 aliphatic rings. The zero-order valence-corrected chi connectivity index (χ0v) is 18.2. The van der Waals surface area contributed by atoms with Gasteiger partial charge < -0.3 is 10.6 Å². The molecule has 4 rings (SSSR count). The second-order valence-electron chi connectivity index (χ2n) is 11.1. The number of rotatable bonds is 5. The van der Waals surface area contributed by atoms with Gasteiger partial charge >= 0.3 is 0 Å². The van der Waals surface area contributed by atoms with Gasteiger partial charge in [0.25, 0.3) is 0 Å². The molecule has 28 heavy (non-hydrogen) atoms. The summed E-state index contributed by atoms with van der Waals surface area (Å²) >= 11 is 0. The minimum absolute atomic E-state index is 0.350. The Kier molecular flexibility index (Phi) is 5.39. The molecule has 4 aliphatic carbocycles.